The molecule has 3 nitrogen and oxygen atoms in total. The number of hydrogen-bond donors (Lipinski definition) is 1. The monoisotopic (exact) mass is 294 g/mol. The fourth-order valence-corrected chi connectivity index (χ4v) is 2.20. The number of halogens is 4. The zero-order chi connectivity index (χ0) is 14.8. The zero-order valence-corrected chi connectivity index (χ0v) is 10.5. The largest absolute Gasteiger partial charge is 0.416 e. The van der Waals surface area contributed by atoms with Gasteiger partial charge in [0.2, 0.25) is 0 Å². The van der Waals surface area contributed by atoms with Crippen LogP contribution in [-0.4, -0.2) is 24.9 Å². The summed E-state index contributed by atoms with van der Waals surface area (Å²) in [5.74, 6) is -2.41. The van der Waals surface area contributed by atoms with Crippen molar-refractivity contribution in [3.63, 3.8) is 0 Å². The van der Waals surface area contributed by atoms with Gasteiger partial charge in [-0.05, 0) is 24.6 Å². The number of rotatable bonds is 4. The zero-order valence-electron chi connectivity index (χ0n) is 10.5. The van der Waals surface area contributed by atoms with E-state index >= 15 is 0 Å². The average Bonchev–Trinajstić information content (AvgIpc) is 2.84. The van der Waals surface area contributed by atoms with E-state index in [1.807, 2.05) is 0 Å². The third kappa shape index (κ3) is 3.11. The first kappa shape index (κ1) is 15.2. The predicted octanol–water partition coefficient (Wildman–Crippen LogP) is 2.82. The second kappa shape index (κ2) is 5.67. The van der Waals surface area contributed by atoms with Crippen LogP contribution in [0.25, 0.3) is 0 Å². The van der Waals surface area contributed by atoms with Gasteiger partial charge in [0, 0.05) is 18.6 Å². The molecule has 1 aromatic carbocycles. The summed E-state index contributed by atoms with van der Waals surface area (Å²) in [5.41, 5.74) is -1.11. The van der Waals surface area contributed by atoms with Crippen LogP contribution >= 0.6 is 0 Å². The van der Waals surface area contributed by atoms with Crippen LogP contribution in [0, 0.1) is 5.82 Å². The molecule has 0 aromatic heterocycles. The first-order valence-corrected chi connectivity index (χ1v) is 6.14. The molecule has 1 saturated heterocycles. The maximum Gasteiger partial charge on any atom is 0.416 e. The third-order valence-electron chi connectivity index (χ3n) is 3.08. The lowest BCUT2D eigenvalue weighted by molar-refractivity contribution is -0.173. The fraction of sp³-hybridized carbons (Fsp3) is 0.538. The van der Waals surface area contributed by atoms with Gasteiger partial charge in [0.1, 0.15) is 5.82 Å². The summed E-state index contributed by atoms with van der Waals surface area (Å²) in [6.07, 6.45) is -4.21. The fourth-order valence-electron chi connectivity index (χ4n) is 2.20. The minimum absolute atomic E-state index is 0.0178. The molecule has 2 rings (SSSR count). The van der Waals surface area contributed by atoms with E-state index in [0.717, 1.165) is 12.1 Å². The van der Waals surface area contributed by atoms with Gasteiger partial charge >= 0.3 is 6.18 Å². The lowest BCUT2D eigenvalue weighted by Gasteiger charge is -2.28. The van der Waals surface area contributed by atoms with E-state index in [0.29, 0.717) is 6.07 Å². The summed E-state index contributed by atoms with van der Waals surface area (Å²) >= 11 is 0. The average molecular weight is 294 g/mol. The number of benzene rings is 1. The van der Waals surface area contributed by atoms with Gasteiger partial charge in [-0.25, -0.2) is 4.39 Å². The summed E-state index contributed by atoms with van der Waals surface area (Å²) < 4.78 is 62.4. The highest BCUT2D eigenvalue weighted by Gasteiger charge is 2.40. The number of alkyl halides is 3. The van der Waals surface area contributed by atoms with Crippen molar-refractivity contribution in [1.82, 2.24) is 0 Å². The summed E-state index contributed by atoms with van der Waals surface area (Å²) in [7, 11) is 0. The van der Waals surface area contributed by atoms with Crippen molar-refractivity contribution in [2.24, 2.45) is 0 Å². The standard InChI is InChI=1S/C13H14F4O3/c14-11-7-9(6-10(8-11)13(15,16)17)12(2-1-3-18)19-4-5-20-12/h6-8,18H,1-5H2. The molecular weight excluding hydrogens is 280 g/mol. The van der Waals surface area contributed by atoms with E-state index < -0.39 is 23.3 Å². The molecule has 1 heterocycles. The van der Waals surface area contributed by atoms with Gasteiger partial charge in [-0.15, -0.1) is 0 Å². The Labute approximate surface area is 113 Å². The first-order valence-electron chi connectivity index (χ1n) is 6.14. The van der Waals surface area contributed by atoms with E-state index in [9.17, 15) is 17.6 Å². The van der Waals surface area contributed by atoms with Gasteiger partial charge in [-0.3, -0.25) is 0 Å². The molecule has 1 fully saturated rings. The van der Waals surface area contributed by atoms with Crippen LogP contribution in [0.2, 0.25) is 0 Å². The summed E-state index contributed by atoms with van der Waals surface area (Å²) in [6, 6.07) is 2.22. The van der Waals surface area contributed by atoms with E-state index in [4.69, 9.17) is 14.6 Å². The molecule has 0 spiro atoms. The van der Waals surface area contributed by atoms with Crippen LogP contribution in [0.3, 0.4) is 0 Å². The van der Waals surface area contributed by atoms with Crippen LogP contribution in [0.1, 0.15) is 24.0 Å². The second-order valence-electron chi connectivity index (χ2n) is 4.50. The Morgan fingerprint density at radius 2 is 1.80 bits per heavy atom. The molecule has 0 aliphatic carbocycles. The number of ether oxygens (including phenoxy) is 2. The summed E-state index contributed by atoms with van der Waals surface area (Å²) in [6.45, 7) is 0.266. The summed E-state index contributed by atoms with van der Waals surface area (Å²) in [4.78, 5) is 0. The molecule has 0 bridgehead atoms. The number of aliphatic hydroxyl groups excluding tert-OH is 1. The number of aliphatic hydroxyl groups is 1. The van der Waals surface area contributed by atoms with Gasteiger partial charge in [0.25, 0.3) is 0 Å². The quantitative estimate of drug-likeness (QED) is 0.868. The predicted molar refractivity (Wildman–Crippen MR) is 61.3 cm³/mol. The Morgan fingerprint density at radius 3 is 2.35 bits per heavy atom. The Hall–Kier alpha value is -1.18. The van der Waals surface area contributed by atoms with Gasteiger partial charge in [0.05, 0.1) is 18.8 Å². The van der Waals surface area contributed by atoms with Crippen LogP contribution < -0.4 is 0 Å². The molecule has 7 heteroatoms. The lowest BCUT2D eigenvalue weighted by Crippen LogP contribution is -2.28. The molecular formula is C13H14F4O3. The topological polar surface area (TPSA) is 38.7 Å². The SMILES string of the molecule is OCCCC1(c2cc(F)cc(C(F)(F)F)c2)OCCO1. The van der Waals surface area contributed by atoms with E-state index in [2.05, 4.69) is 0 Å². The van der Waals surface area contributed by atoms with E-state index in [1.165, 1.54) is 0 Å². The highest BCUT2D eigenvalue weighted by molar-refractivity contribution is 5.30. The van der Waals surface area contributed by atoms with Gasteiger partial charge in [-0.2, -0.15) is 13.2 Å². The Bertz CT molecular complexity index is 467. The Balaban J connectivity index is 2.41. The van der Waals surface area contributed by atoms with Gasteiger partial charge in [0.15, 0.2) is 5.79 Å². The molecule has 20 heavy (non-hydrogen) atoms. The highest BCUT2D eigenvalue weighted by Crippen LogP contribution is 2.39. The summed E-state index contributed by atoms with van der Waals surface area (Å²) in [5, 5.41) is 8.86. The van der Waals surface area contributed by atoms with Crippen molar-refractivity contribution >= 4 is 0 Å². The third-order valence-corrected chi connectivity index (χ3v) is 3.08. The Kier molecular flexibility index (Phi) is 4.31. The normalized spacial score (nSPS) is 18.4. The Morgan fingerprint density at radius 1 is 1.15 bits per heavy atom. The number of hydrogen-bond acceptors (Lipinski definition) is 3. The molecule has 1 N–H and O–H groups in total. The van der Waals surface area contributed by atoms with Gasteiger partial charge in [-0.1, -0.05) is 0 Å². The molecule has 0 unspecified atom stereocenters. The highest BCUT2D eigenvalue weighted by atomic mass is 19.4. The minimum atomic E-state index is -4.65. The molecule has 1 aromatic rings. The van der Waals surface area contributed by atoms with Crippen molar-refractivity contribution < 1.29 is 32.1 Å². The van der Waals surface area contributed by atoms with Crippen molar-refractivity contribution in [2.75, 3.05) is 19.8 Å². The maximum atomic E-state index is 13.4. The molecule has 0 radical (unpaired) electrons. The van der Waals surface area contributed by atoms with Crippen LogP contribution in [0.4, 0.5) is 17.6 Å². The molecule has 112 valence electrons. The first-order chi connectivity index (χ1) is 9.37. The van der Waals surface area contributed by atoms with Crippen molar-refractivity contribution in [2.45, 2.75) is 24.8 Å². The lowest BCUT2D eigenvalue weighted by atomic mass is 9.98. The second-order valence-corrected chi connectivity index (χ2v) is 4.50. The smallest absolute Gasteiger partial charge is 0.396 e. The maximum absolute atomic E-state index is 13.4. The molecule has 1 aliphatic heterocycles. The molecule has 0 saturated carbocycles. The minimum Gasteiger partial charge on any atom is -0.396 e. The molecule has 0 amide bonds. The van der Waals surface area contributed by atoms with Crippen molar-refractivity contribution in [3.8, 4) is 0 Å². The van der Waals surface area contributed by atoms with Crippen molar-refractivity contribution in [3.05, 3.63) is 35.1 Å². The van der Waals surface area contributed by atoms with Crippen LogP contribution in [0.15, 0.2) is 18.2 Å². The van der Waals surface area contributed by atoms with Crippen molar-refractivity contribution in [1.29, 1.82) is 0 Å². The van der Waals surface area contributed by atoms with E-state index in [1.54, 1.807) is 0 Å². The van der Waals surface area contributed by atoms with E-state index in [-0.39, 0.29) is 38.2 Å². The van der Waals surface area contributed by atoms with Crippen LogP contribution in [0.5, 0.6) is 0 Å². The van der Waals surface area contributed by atoms with Crippen LogP contribution in [-0.2, 0) is 21.4 Å². The molecule has 0 atom stereocenters. The molecule has 1 aliphatic rings. The van der Waals surface area contributed by atoms with Gasteiger partial charge < -0.3 is 14.6 Å².